The molecule has 1 heterocycles. The zero-order valence-corrected chi connectivity index (χ0v) is 21.5. The van der Waals surface area contributed by atoms with E-state index in [4.69, 9.17) is 27.9 Å². The number of nitrogens with one attached hydrogen (secondary N) is 2. The normalized spacial score (nSPS) is 11.9. The molecule has 1 atom stereocenters. The molecule has 0 saturated carbocycles. The van der Waals surface area contributed by atoms with E-state index < -0.39 is 0 Å². The molecule has 3 aromatic rings. The monoisotopic (exact) mass is 521 g/mol. The van der Waals surface area contributed by atoms with Gasteiger partial charge in [-0.25, -0.2) is 0 Å². The number of ether oxygens (including phenoxy) is 1. The van der Waals surface area contributed by atoms with Crippen LogP contribution < -0.4 is 15.4 Å². The first-order valence-electron chi connectivity index (χ1n) is 10.4. The molecular formula is C23H25Cl2N5O3S. The lowest BCUT2D eigenvalue weighted by atomic mass is 10.0. The molecule has 0 aliphatic heterocycles. The van der Waals surface area contributed by atoms with Gasteiger partial charge in [-0.3, -0.25) is 9.59 Å². The minimum atomic E-state index is -0.372. The van der Waals surface area contributed by atoms with Crippen LogP contribution in [0.4, 0.5) is 5.69 Å². The second kappa shape index (κ2) is 11.6. The number of hydrogen-bond acceptors (Lipinski definition) is 6. The van der Waals surface area contributed by atoms with Crippen molar-refractivity contribution in [1.82, 2.24) is 20.1 Å². The number of methoxy groups -OCH3 is 1. The Morgan fingerprint density at radius 1 is 1.12 bits per heavy atom. The number of thioether (sulfide) groups is 1. The maximum Gasteiger partial charge on any atom is 0.251 e. The Kier molecular flexibility index (Phi) is 8.82. The fourth-order valence-corrected chi connectivity index (χ4v) is 4.30. The molecule has 0 spiro atoms. The molecule has 0 unspecified atom stereocenters. The van der Waals surface area contributed by atoms with E-state index in [1.807, 2.05) is 13.8 Å². The minimum Gasteiger partial charge on any atom is -0.497 e. The number of hydrogen-bond donors (Lipinski definition) is 2. The molecule has 34 heavy (non-hydrogen) atoms. The number of benzene rings is 2. The Balaban J connectivity index is 1.66. The Morgan fingerprint density at radius 2 is 1.82 bits per heavy atom. The van der Waals surface area contributed by atoms with Crippen LogP contribution in [0, 0.1) is 5.92 Å². The fourth-order valence-electron chi connectivity index (χ4n) is 3.13. The average Bonchev–Trinajstić information content (AvgIpc) is 3.17. The van der Waals surface area contributed by atoms with Crippen molar-refractivity contribution in [3.8, 4) is 5.75 Å². The van der Waals surface area contributed by atoms with Crippen LogP contribution in [0.2, 0.25) is 10.0 Å². The molecule has 2 aromatic carbocycles. The largest absolute Gasteiger partial charge is 0.497 e. The summed E-state index contributed by atoms with van der Waals surface area (Å²) in [5.41, 5.74) is 0.997. The maximum atomic E-state index is 12.8. The first-order chi connectivity index (χ1) is 16.2. The minimum absolute atomic E-state index is 0.0540. The second-order valence-electron chi connectivity index (χ2n) is 7.78. The summed E-state index contributed by atoms with van der Waals surface area (Å²) in [7, 11) is 3.38. The van der Waals surface area contributed by atoms with E-state index in [1.54, 1.807) is 61.2 Å². The van der Waals surface area contributed by atoms with Crippen LogP contribution in [-0.2, 0) is 11.8 Å². The summed E-state index contributed by atoms with van der Waals surface area (Å²) < 4.78 is 6.93. The quantitative estimate of drug-likeness (QED) is 0.385. The lowest BCUT2D eigenvalue weighted by Gasteiger charge is -2.21. The van der Waals surface area contributed by atoms with E-state index >= 15 is 0 Å². The maximum absolute atomic E-state index is 12.8. The lowest BCUT2D eigenvalue weighted by molar-refractivity contribution is -0.113. The van der Waals surface area contributed by atoms with Gasteiger partial charge in [-0.15, -0.1) is 10.2 Å². The van der Waals surface area contributed by atoms with Crippen LogP contribution in [0.5, 0.6) is 5.75 Å². The zero-order chi connectivity index (χ0) is 24.8. The third-order valence-electron chi connectivity index (χ3n) is 4.99. The highest BCUT2D eigenvalue weighted by molar-refractivity contribution is 7.99. The number of halogens is 2. The Morgan fingerprint density at radius 3 is 2.44 bits per heavy atom. The summed E-state index contributed by atoms with van der Waals surface area (Å²) in [6.45, 7) is 3.98. The van der Waals surface area contributed by atoms with Gasteiger partial charge >= 0.3 is 0 Å². The highest BCUT2D eigenvalue weighted by Crippen LogP contribution is 2.27. The van der Waals surface area contributed by atoms with Gasteiger partial charge in [0.05, 0.1) is 29.6 Å². The van der Waals surface area contributed by atoms with E-state index in [2.05, 4.69) is 20.8 Å². The summed E-state index contributed by atoms with van der Waals surface area (Å²) in [5, 5.41) is 15.7. The molecule has 1 aromatic heterocycles. The summed E-state index contributed by atoms with van der Waals surface area (Å²) in [4.78, 5) is 25.2. The van der Waals surface area contributed by atoms with E-state index in [1.165, 1.54) is 11.8 Å². The molecule has 2 N–H and O–H groups in total. The average molecular weight is 522 g/mol. The van der Waals surface area contributed by atoms with Crippen LogP contribution in [0.3, 0.4) is 0 Å². The van der Waals surface area contributed by atoms with E-state index in [-0.39, 0.29) is 29.5 Å². The van der Waals surface area contributed by atoms with E-state index in [0.29, 0.717) is 38.0 Å². The number of anilines is 1. The number of rotatable bonds is 9. The molecule has 0 radical (unpaired) electrons. The summed E-state index contributed by atoms with van der Waals surface area (Å²) >= 11 is 13.2. The van der Waals surface area contributed by atoms with Crippen molar-refractivity contribution in [2.24, 2.45) is 13.0 Å². The Labute approximate surface area is 212 Å². The van der Waals surface area contributed by atoms with Crippen molar-refractivity contribution in [3.63, 3.8) is 0 Å². The predicted octanol–water partition coefficient (Wildman–Crippen LogP) is 4.99. The number of aromatic nitrogens is 3. The Bertz CT molecular complexity index is 1170. The summed E-state index contributed by atoms with van der Waals surface area (Å²) in [6.07, 6.45) is 0. The van der Waals surface area contributed by atoms with Gasteiger partial charge in [-0.1, -0.05) is 48.8 Å². The predicted molar refractivity (Wildman–Crippen MR) is 135 cm³/mol. The van der Waals surface area contributed by atoms with Gasteiger partial charge in [0.2, 0.25) is 5.91 Å². The van der Waals surface area contributed by atoms with Crippen LogP contribution in [-0.4, -0.2) is 39.4 Å². The van der Waals surface area contributed by atoms with Crippen molar-refractivity contribution in [2.45, 2.75) is 25.0 Å². The molecule has 180 valence electrons. The van der Waals surface area contributed by atoms with Gasteiger partial charge in [-0.2, -0.15) is 0 Å². The van der Waals surface area contributed by atoms with Gasteiger partial charge in [0.15, 0.2) is 11.0 Å². The second-order valence-corrected chi connectivity index (χ2v) is 9.57. The molecule has 0 aliphatic carbocycles. The fraction of sp³-hybridized carbons (Fsp3) is 0.304. The molecule has 0 saturated heterocycles. The standard InChI is InChI=1S/C23H25Cl2N5O3S/c1-13(2)20(27-22(32)14-5-8-16(33-4)9-6-14)21-28-29-23(30(21)3)34-12-19(31)26-18-10-7-15(24)11-17(18)25/h5-11,13,20H,12H2,1-4H3,(H,26,31)(H,27,32)/t20-/m0/s1. The van der Waals surface area contributed by atoms with Crippen molar-refractivity contribution >= 4 is 52.5 Å². The third-order valence-corrected chi connectivity index (χ3v) is 6.56. The SMILES string of the molecule is COc1ccc(C(=O)N[C@H](c2nnc(SCC(=O)Nc3ccc(Cl)cc3Cl)n2C)C(C)C)cc1. The number of amides is 2. The van der Waals surface area contributed by atoms with Crippen molar-refractivity contribution in [3.05, 3.63) is 63.9 Å². The molecule has 2 amide bonds. The van der Waals surface area contributed by atoms with Crippen molar-refractivity contribution in [1.29, 1.82) is 0 Å². The van der Waals surface area contributed by atoms with Gasteiger partial charge in [-0.05, 0) is 48.4 Å². The number of carbonyl (C=O) groups is 2. The van der Waals surface area contributed by atoms with Crippen LogP contribution >= 0.6 is 35.0 Å². The van der Waals surface area contributed by atoms with E-state index in [0.717, 1.165) is 0 Å². The summed E-state index contributed by atoms with van der Waals surface area (Å²) in [5.74, 6) is 0.966. The topological polar surface area (TPSA) is 98.1 Å². The number of carbonyl (C=O) groups excluding carboxylic acids is 2. The molecule has 11 heteroatoms. The van der Waals surface area contributed by atoms with Crippen LogP contribution in [0.25, 0.3) is 0 Å². The lowest BCUT2D eigenvalue weighted by Crippen LogP contribution is -2.33. The van der Waals surface area contributed by atoms with Crippen LogP contribution in [0.15, 0.2) is 47.6 Å². The molecule has 3 rings (SSSR count). The van der Waals surface area contributed by atoms with E-state index in [9.17, 15) is 9.59 Å². The van der Waals surface area contributed by atoms with Crippen molar-refractivity contribution in [2.75, 3.05) is 18.2 Å². The van der Waals surface area contributed by atoms with Gasteiger partial charge < -0.3 is 19.9 Å². The first kappa shape index (κ1) is 25.9. The summed E-state index contributed by atoms with van der Waals surface area (Å²) in [6, 6.07) is 11.4. The smallest absolute Gasteiger partial charge is 0.251 e. The van der Waals surface area contributed by atoms with Crippen LogP contribution in [0.1, 0.15) is 36.1 Å². The van der Waals surface area contributed by atoms with Crippen molar-refractivity contribution < 1.29 is 14.3 Å². The molecular weight excluding hydrogens is 497 g/mol. The highest BCUT2D eigenvalue weighted by Gasteiger charge is 2.25. The van der Waals surface area contributed by atoms with Gasteiger partial charge in [0, 0.05) is 17.6 Å². The van der Waals surface area contributed by atoms with Gasteiger partial charge in [0.1, 0.15) is 5.75 Å². The Hall–Kier alpha value is -2.75. The highest BCUT2D eigenvalue weighted by atomic mass is 35.5. The van der Waals surface area contributed by atoms with Gasteiger partial charge in [0.25, 0.3) is 5.91 Å². The third kappa shape index (κ3) is 6.43. The number of nitrogens with zero attached hydrogens (tertiary/aromatic N) is 3. The first-order valence-corrected chi connectivity index (χ1v) is 12.2. The molecule has 8 nitrogen and oxygen atoms in total. The molecule has 0 bridgehead atoms. The molecule has 0 aliphatic rings. The molecule has 0 fully saturated rings. The zero-order valence-electron chi connectivity index (χ0n) is 19.1.